The van der Waals surface area contributed by atoms with Crippen molar-refractivity contribution in [1.29, 1.82) is 0 Å². The zero-order chi connectivity index (χ0) is 18.9. The first-order valence-electron chi connectivity index (χ1n) is 8.26. The standard InChI is InChI=1S/C17H21N3O5S/c1-2-8-18-17(24)19-14(21)10-25-16(23)7-9-20-12-5-3-4-6-13(12)26-11-15(20)22/h3-6H,2,7-11H2,1H3,(H2,18,19,21,24). The molecule has 1 aromatic rings. The highest BCUT2D eigenvalue weighted by Crippen LogP contribution is 2.34. The van der Waals surface area contributed by atoms with Crippen LogP contribution >= 0.6 is 11.8 Å². The molecule has 1 heterocycles. The molecular formula is C17H21N3O5S. The Morgan fingerprint density at radius 3 is 2.81 bits per heavy atom. The van der Waals surface area contributed by atoms with Gasteiger partial charge in [0.2, 0.25) is 5.91 Å². The van der Waals surface area contributed by atoms with Crippen LogP contribution < -0.4 is 15.5 Å². The van der Waals surface area contributed by atoms with E-state index >= 15 is 0 Å². The van der Waals surface area contributed by atoms with Crippen LogP contribution in [0.3, 0.4) is 0 Å². The lowest BCUT2D eigenvalue weighted by Gasteiger charge is -2.28. The maximum Gasteiger partial charge on any atom is 0.321 e. The number of nitrogens with zero attached hydrogens (tertiary/aromatic N) is 1. The number of fused-ring (bicyclic) bond motifs is 1. The summed E-state index contributed by atoms with van der Waals surface area (Å²) in [6.07, 6.45) is 0.702. The SMILES string of the molecule is CCCNC(=O)NC(=O)COC(=O)CCN1C(=O)CSc2ccccc21. The van der Waals surface area contributed by atoms with Gasteiger partial charge in [-0.15, -0.1) is 11.8 Å². The number of urea groups is 1. The Kier molecular flexibility index (Phi) is 7.46. The van der Waals surface area contributed by atoms with E-state index in [9.17, 15) is 19.2 Å². The topological polar surface area (TPSA) is 105 Å². The molecule has 0 aliphatic carbocycles. The van der Waals surface area contributed by atoms with Crippen molar-refractivity contribution >= 4 is 41.3 Å². The zero-order valence-electron chi connectivity index (χ0n) is 14.4. The average Bonchev–Trinajstić information content (AvgIpc) is 2.64. The molecule has 0 radical (unpaired) electrons. The number of para-hydroxylation sites is 1. The van der Waals surface area contributed by atoms with E-state index in [4.69, 9.17) is 4.74 Å². The van der Waals surface area contributed by atoms with Crippen molar-refractivity contribution < 1.29 is 23.9 Å². The molecule has 1 aliphatic heterocycles. The number of hydrogen-bond acceptors (Lipinski definition) is 6. The second-order valence-electron chi connectivity index (χ2n) is 5.52. The van der Waals surface area contributed by atoms with E-state index in [0.717, 1.165) is 17.0 Å². The highest BCUT2D eigenvalue weighted by Gasteiger charge is 2.25. The molecular weight excluding hydrogens is 358 g/mol. The summed E-state index contributed by atoms with van der Waals surface area (Å²) in [4.78, 5) is 49.3. The van der Waals surface area contributed by atoms with Crippen LogP contribution in [0.15, 0.2) is 29.2 Å². The number of carbonyl (C=O) groups excluding carboxylic acids is 4. The number of esters is 1. The Labute approximate surface area is 155 Å². The third kappa shape index (κ3) is 5.76. The number of amides is 4. The molecule has 26 heavy (non-hydrogen) atoms. The Hall–Kier alpha value is -2.55. The van der Waals surface area contributed by atoms with Crippen molar-refractivity contribution in [3.05, 3.63) is 24.3 Å². The van der Waals surface area contributed by atoms with Gasteiger partial charge in [0, 0.05) is 18.0 Å². The molecule has 1 aromatic carbocycles. The fourth-order valence-corrected chi connectivity index (χ4v) is 3.20. The van der Waals surface area contributed by atoms with E-state index in [2.05, 4.69) is 10.6 Å². The Morgan fingerprint density at radius 1 is 1.27 bits per heavy atom. The maximum atomic E-state index is 12.1. The molecule has 0 atom stereocenters. The second kappa shape index (κ2) is 9.81. The molecule has 140 valence electrons. The molecule has 2 rings (SSSR count). The van der Waals surface area contributed by atoms with Crippen molar-refractivity contribution in [2.45, 2.75) is 24.7 Å². The summed E-state index contributed by atoms with van der Waals surface area (Å²) in [5.41, 5.74) is 0.770. The number of imide groups is 1. The van der Waals surface area contributed by atoms with E-state index in [1.807, 2.05) is 31.2 Å². The van der Waals surface area contributed by atoms with E-state index in [0.29, 0.717) is 12.3 Å². The number of benzene rings is 1. The lowest BCUT2D eigenvalue weighted by Crippen LogP contribution is -2.42. The summed E-state index contributed by atoms with van der Waals surface area (Å²) in [7, 11) is 0. The van der Waals surface area contributed by atoms with Gasteiger partial charge in [-0.05, 0) is 18.6 Å². The molecule has 4 amide bonds. The van der Waals surface area contributed by atoms with Gasteiger partial charge in [0.15, 0.2) is 6.61 Å². The van der Waals surface area contributed by atoms with E-state index in [-0.39, 0.29) is 18.9 Å². The quantitative estimate of drug-likeness (QED) is 0.692. The van der Waals surface area contributed by atoms with E-state index in [1.54, 1.807) is 4.90 Å². The predicted molar refractivity (Wildman–Crippen MR) is 96.9 cm³/mol. The number of hydrogen-bond donors (Lipinski definition) is 2. The van der Waals surface area contributed by atoms with Crippen LogP contribution in [-0.2, 0) is 19.1 Å². The number of rotatable bonds is 7. The van der Waals surface area contributed by atoms with Gasteiger partial charge in [-0.2, -0.15) is 0 Å². The summed E-state index contributed by atoms with van der Waals surface area (Å²) in [6.45, 7) is 1.96. The number of nitrogens with one attached hydrogen (secondary N) is 2. The third-order valence-electron chi connectivity index (χ3n) is 3.50. The molecule has 2 N–H and O–H groups in total. The van der Waals surface area contributed by atoms with Crippen molar-refractivity contribution in [2.75, 3.05) is 30.3 Å². The molecule has 0 saturated heterocycles. The van der Waals surface area contributed by atoms with Crippen LogP contribution in [-0.4, -0.2) is 49.3 Å². The monoisotopic (exact) mass is 379 g/mol. The summed E-state index contributed by atoms with van der Waals surface area (Å²) in [6, 6.07) is 6.85. The van der Waals surface area contributed by atoms with Crippen molar-refractivity contribution in [2.24, 2.45) is 0 Å². The van der Waals surface area contributed by atoms with Crippen LogP contribution in [0.5, 0.6) is 0 Å². The number of thioether (sulfide) groups is 1. The second-order valence-corrected chi connectivity index (χ2v) is 6.53. The van der Waals surface area contributed by atoms with Gasteiger partial charge in [0.25, 0.3) is 5.91 Å². The molecule has 0 fully saturated rings. The summed E-state index contributed by atoms with van der Waals surface area (Å²) in [5, 5.41) is 4.54. The summed E-state index contributed by atoms with van der Waals surface area (Å²) in [5.74, 6) is -1.08. The molecule has 1 aliphatic rings. The lowest BCUT2D eigenvalue weighted by molar-refractivity contribution is -0.148. The maximum absolute atomic E-state index is 12.1. The Bertz CT molecular complexity index is 695. The Balaban J connectivity index is 1.76. The highest BCUT2D eigenvalue weighted by atomic mass is 32.2. The van der Waals surface area contributed by atoms with Crippen LogP contribution in [0.25, 0.3) is 0 Å². The smallest absolute Gasteiger partial charge is 0.321 e. The molecule has 9 heteroatoms. The molecule has 0 aromatic heterocycles. The molecule has 8 nitrogen and oxygen atoms in total. The van der Waals surface area contributed by atoms with Gasteiger partial charge < -0.3 is 15.0 Å². The van der Waals surface area contributed by atoms with Gasteiger partial charge in [-0.3, -0.25) is 19.7 Å². The molecule has 0 saturated carbocycles. The first kappa shape index (κ1) is 19.8. The molecule has 0 spiro atoms. The van der Waals surface area contributed by atoms with Crippen LogP contribution in [0.4, 0.5) is 10.5 Å². The molecule has 0 bridgehead atoms. The fourth-order valence-electron chi connectivity index (χ4n) is 2.27. The fraction of sp³-hybridized carbons (Fsp3) is 0.412. The first-order chi connectivity index (χ1) is 12.5. The largest absolute Gasteiger partial charge is 0.456 e. The van der Waals surface area contributed by atoms with E-state index < -0.39 is 24.5 Å². The van der Waals surface area contributed by atoms with Crippen LogP contribution in [0.1, 0.15) is 19.8 Å². The summed E-state index contributed by atoms with van der Waals surface area (Å²) < 4.78 is 4.85. The number of ether oxygens (including phenoxy) is 1. The van der Waals surface area contributed by atoms with Crippen molar-refractivity contribution in [3.63, 3.8) is 0 Å². The minimum Gasteiger partial charge on any atom is -0.456 e. The number of carbonyl (C=O) groups is 4. The third-order valence-corrected chi connectivity index (χ3v) is 4.55. The Morgan fingerprint density at radius 2 is 2.04 bits per heavy atom. The first-order valence-corrected chi connectivity index (χ1v) is 9.25. The lowest BCUT2D eigenvalue weighted by atomic mass is 10.2. The van der Waals surface area contributed by atoms with Crippen LogP contribution in [0.2, 0.25) is 0 Å². The van der Waals surface area contributed by atoms with Gasteiger partial charge in [-0.1, -0.05) is 19.1 Å². The number of anilines is 1. The van der Waals surface area contributed by atoms with Gasteiger partial charge in [-0.25, -0.2) is 4.79 Å². The van der Waals surface area contributed by atoms with Gasteiger partial charge in [0.05, 0.1) is 17.9 Å². The average molecular weight is 379 g/mol. The highest BCUT2D eigenvalue weighted by molar-refractivity contribution is 8.00. The predicted octanol–water partition coefficient (Wildman–Crippen LogP) is 1.29. The zero-order valence-corrected chi connectivity index (χ0v) is 15.3. The summed E-state index contributed by atoms with van der Waals surface area (Å²) >= 11 is 1.46. The van der Waals surface area contributed by atoms with Crippen molar-refractivity contribution in [1.82, 2.24) is 10.6 Å². The molecule has 0 unspecified atom stereocenters. The van der Waals surface area contributed by atoms with Gasteiger partial charge >= 0.3 is 12.0 Å². The van der Waals surface area contributed by atoms with E-state index in [1.165, 1.54) is 11.8 Å². The minimum atomic E-state index is -0.706. The minimum absolute atomic E-state index is 0.0416. The van der Waals surface area contributed by atoms with Gasteiger partial charge in [0.1, 0.15) is 0 Å². The van der Waals surface area contributed by atoms with Crippen LogP contribution in [0, 0.1) is 0 Å². The van der Waals surface area contributed by atoms with Crippen molar-refractivity contribution in [3.8, 4) is 0 Å². The normalized spacial score (nSPS) is 13.0.